The summed E-state index contributed by atoms with van der Waals surface area (Å²) < 4.78 is 10.9. The minimum atomic E-state index is -0.0124. The number of methoxy groups -OCH3 is 1. The first-order valence-electron chi connectivity index (χ1n) is 6.11. The Bertz CT molecular complexity index is 336. The maximum absolute atomic E-state index is 9.23. The third-order valence-corrected chi connectivity index (χ3v) is 2.75. The standard InChI is InChI=1S/C14H22O3/c1-4-5-11(2)10-17-14-8-13(16-3)7-6-12(14)9-15/h6-8,11,15H,4-5,9-10H2,1-3H3. The van der Waals surface area contributed by atoms with Gasteiger partial charge in [0, 0.05) is 11.6 Å². The highest BCUT2D eigenvalue weighted by Gasteiger charge is 2.07. The lowest BCUT2D eigenvalue weighted by molar-refractivity contribution is 0.233. The lowest BCUT2D eigenvalue weighted by atomic mass is 10.1. The predicted octanol–water partition coefficient (Wildman–Crippen LogP) is 3.00. The van der Waals surface area contributed by atoms with E-state index in [4.69, 9.17) is 9.47 Å². The summed E-state index contributed by atoms with van der Waals surface area (Å²) in [4.78, 5) is 0. The molecule has 0 spiro atoms. The van der Waals surface area contributed by atoms with E-state index >= 15 is 0 Å². The molecule has 3 nitrogen and oxygen atoms in total. The van der Waals surface area contributed by atoms with Gasteiger partial charge in [-0.25, -0.2) is 0 Å². The van der Waals surface area contributed by atoms with Crippen LogP contribution in [-0.2, 0) is 6.61 Å². The second kappa shape index (κ2) is 7.17. The highest BCUT2D eigenvalue weighted by Crippen LogP contribution is 2.25. The molecule has 1 aromatic rings. The Morgan fingerprint density at radius 3 is 2.71 bits per heavy atom. The summed E-state index contributed by atoms with van der Waals surface area (Å²) in [6.45, 7) is 5.00. The molecular formula is C14H22O3. The minimum Gasteiger partial charge on any atom is -0.497 e. The third-order valence-electron chi connectivity index (χ3n) is 2.75. The summed E-state index contributed by atoms with van der Waals surface area (Å²) in [7, 11) is 1.62. The van der Waals surface area contributed by atoms with Gasteiger partial charge in [-0.1, -0.05) is 20.3 Å². The molecule has 1 rings (SSSR count). The first kappa shape index (κ1) is 13.8. The molecule has 1 atom stereocenters. The van der Waals surface area contributed by atoms with Gasteiger partial charge in [0.05, 0.1) is 20.3 Å². The summed E-state index contributed by atoms with van der Waals surface area (Å²) in [6.07, 6.45) is 2.31. The Kier molecular flexibility index (Phi) is 5.84. The maximum Gasteiger partial charge on any atom is 0.128 e. The van der Waals surface area contributed by atoms with Crippen molar-refractivity contribution < 1.29 is 14.6 Å². The van der Waals surface area contributed by atoms with Gasteiger partial charge in [0.2, 0.25) is 0 Å². The van der Waals surface area contributed by atoms with E-state index in [0.717, 1.165) is 29.9 Å². The summed E-state index contributed by atoms with van der Waals surface area (Å²) in [5, 5.41) is 9.23. The summed E-state index contributed by atoms with van der Waals surface area (Å²) in [5.74, 6) is 1.99. The fourth-order valence-electron chi connectivity index (χ4n) is 1.74. The number of benzene rings is 1. The Morgan fingerprint density at radius 2 is 2.12 bits per heavy atom. The quantitative estimate of drug-likeness (QED) is 0.793. The zero-order valence-corrected chi connectivity index (χ0v) is 10.9. The SMILES string of the molecule is CCCC(C)COc1cc(OC)ccc1CO. The van der Waals surface area contributed by atoms with Gasteiger partial charge in [-0.2, -0.15) is 0 Å². The summed E-state index contributed by atoms with van der Waals surface area (Å²) in [6, 6.07) is 5.48. The lowest BCUT2D eigenvalue weighted by Gasteiger charge is -2.15. The van der Waals surface area contributed by atoms with Crippen molar-refractivity contribution in [3.05, 3.63) is 23.8 Å². The molecular weight excluding hydrogens is 216 g/mol. The van der Waals surface area contributed by atoms with Crippen molar-refractivity contribution in [2.45, 2.75) is 33.3 Å². The normalized spacial score (nSPS) is 12.2. The van der Waals surface area contributed by atoms with Crippen LogP contribution in [0.3, 0.4) is 0 Å². The summed E-state index contributed by atoms with van der Waals surface area (Å²) >= 11 is 0. The zero-order valence-electron chi connectivity index (χ0n) is 10.9. The van der Waals surface area contributed by atoms with E-state index in [1.165, 1.54) is 0 Å². The Balaban J connectivity index is 2.67. The van der Waals surface area contributed by atoms with Gasteiger partial charge in [0.25, 0.3) is 0 Å². The van der Waals surface area contributed by atoms with Gasteiger partial charge >= 0.3 is 0 Å². The molecule has 1 aromatic carbocycles. The van der Waals surface area contributed by atoms with Gasteiger partial charge in [0.1, 0.15) is 11.5 Å². The Morgan fingerprint density at radius 1 is 1.35 bits per heavy atom. The van der Waals surface area contributed by atoms with Crippen molar-refractivity contribution in [2.24, 2.45) is 5.92 Å². The fraction of sp³-hybridized carbons (Fsp3) is 0.571. The van der Waals surface area contributed by atoms with E-state index in [0.29, 0.717) is 12.5 Å². The monoisotopic (exact) mass is 238 g/mol. The molecule has 0 saturated heterocycles. The van der Waals surface area contributed by atoms with E-state index in [2.05, 4.69) is 13.8 Å². The van der Waals surface area contributed by atoms with Crippen LogP contribution in [0.25, 0.3) is 0 Å². The van der Waals surface area contributed by atoms with Crippen LogP contribution in [0.15, 0.2) is 18.2 Å². The molecule has 3 heteroatoms. The molecule has 0 aliphatic heterocycles. The molecule has 96 valence electrons. The molecule has 0 fully saturated rings. The third kappa shape index (κ3) is 4.27. The number of hydrogen-bond donors (Lipinski definition) is 1. The van der Waals surface area contributed by atoms with Crippen LogP contribution in [0.4, 0.5) is 0 Å². The molecule has 1 unspecified atom stereocenters. The van der Waals surface area contributed by atoms with Gasteiger partial charge in [-0.3, -0.25) is 0 Å². The van der Waals surface area contributed by atoms with Crippen molar-refractivity contribution in [3.63, 3.8) is 0 Å². The average Bonchev–Trinajstić information content (AvgIpc) is 2.36. The van der Waals surface area contributed by atoms with Gasteiger partial charge in [0.15, 0.2) is 0 Å². The van der Waals surface area contributed by atoms with E-state index in [-0.39, 0.29) is 6.61 Å². The first-order chi connectivity index (χ1) is 8.21. The van der Waals surface area contributed by atoms with E-state index in [1.54, 1.807) is 7.11 Å². The van der Waals surface area contributed by atoms with E-state index in [9.17, 15) is 5.11 Å². The van der Waals surface area contributed by atoms with Gasteiger partial charge < -0.3 is 14.6 Å². The predicted molar refractivity (Wildman–Crippen MR) is 68.5 cm³/mol. The molecule has 17 heavy (non-hydrogen) atoms. The topological polar surface area (TPSA) is 38.7 Å². The second-order valence-electron chi connectivity index (χ2n) is 4.34. The Hall–Kier alpha value is -1.22. The number of hydrogen-bond acceptors (Lipinski definition) is 3. The van der Waals surface area contributed by atoms with Crippen LogP contribution in [0.5, 0.6) is 11.5 Å². The zero-order chi connectivity index (χ0) is 12.7. The van der Waals surface area contributed by atoms with Crippen LogP contribution < -0.4 is 9.47 Å². The van der Waals surface area contributed by atoms with Crippen molar-refractivity contribution >= 4 is 0 Å². The average molecular weight is 238 g/mol. The first-order valence-corrected chi connectivity index (χ1v) is 6.11. The number of aliphatic hydroxyl groups is 1. The van der Waals surface area contributed by atoms with Crippen molar-refractivity contribution in [2.75, 3.05) is 13.7 Å². The molecule has 0 radical (unpaired) electrons. The molecule has 0 heterocycles. The molecule has 0 amide bonds. The Labute approximate surface area is 103 Å². The van der Waals surface area contributed by atoms with Crippen molar-refractivity contribution in [3.8, 4) is 11.5 Å². The number of rotatable bonds is 7. The van der Waals surface area contributed by atoms with E-state index < -0.39 is 0 Å². The molecule has 0 aromatic heterocycles. The number of aliphatic hydroxyl groups excluding tert-OH is 1. The largest absolute Gasteiger partial charge is 0.497 e. The van der Waals surface area contributed by atoms with Crippen LogP contribution in [0, 0.1) is 5.92 Å². The molecule has 0 saturated carbocycles. The highest BCUT2D eigenvalue weighted by atomic mass is 16.5. The summed E-state index contributed by atoms with van der Waals surface area (Å²) in [5.41, 5.74) is 0.800. The maximum atomic E-state index is 9.23. The van der Waals surface area contributed by atoms with Crippen LogP contribution in [0.2, 0.25) is 0 Å². The second-order valence-corrected chi connectivity index (χ2v) is 4.34. The molecule has 0 aliphatic carbocycles. The smallest absolute Gasteiger partial charge is 0.128 e. The van der Waals surface area contributed by atoms with Crippen LogP contribution >= 0.6 is 0 Å². The van der Waals surface area contributed by atoms with Crippen molar-refractivity contribution in [1.29, 1.82) is 0 Å². The minimum absolute atomic E-state index is 0.0124. The van der Waals surface area contributed by atoms with Crippen LogP contribution in [0.1, 0.15) is 32.3 Å². The molecule has 0 aliphatic rings. The number of ether oxygens (including phenoxy) is 2. The van der Waals surface area contributed by atoms with Crippen LogP contribution in [-0.4, -0.2) is 18.8 Å². The fourth-order valence-corrected chi connectivity index (χ4v) is 1.74. The van der Waals surface area contributed by atoms with Gasteiger partial charge in [-0.05, 0) is 24.5 Å². The van der Waals surface area contributed by atoms with Crippen molar-refractivity contribution in [1.82, 2.24) is 0 Å². The highest BCUT2D eigenvalue weighted by molar-refractivity contribution is 5.40. The van der Waals surface area contributed by atoms with E-state index in [1.807, 2.05) is 18.2 Å². The lowest BCUT2D eigenvalue weighted by Crippen LogP contribution is -2.09. The molecule has 1 N–H and O–H groups in total. The van der Waals surface area contributed by atoms with Gasteiger partial charge in [-0.15, -0.1) is 0 Å². The molecule has 0 bridgehead atoms.